The first-order valence-corrected chi connectivity index (χ1v) is 13.1. The predicted octanol–water partition coefficient (Wildman–Crippen LogP) is 4.47. The molecule has 0 aromatic carbocycles. The molecular weight excluding hydrogens is 224 g/mol. The van der Waals surface area contributed by atoms with Crippen LogP contribution in [0, 0.1) is 0 Å². The molecule has 0 N–H and O–H groups in total. The van der Waals surface area contributed by atoms with Crippen molar-refractivity contribution in [1.29, 1.82) is 0 Å². The summed E-state index contributed by atoms with van der Waals surface area (Å²) in [5.74, 6) is 0. The molecule has 0 aromatic heterocycles. The molecule has 0 unspecified atom stereocenters. The zero-order valence-electron chi connectivity index (χ0n) is 11.3. The largest absolute Gasteiger partial charge is 0.0784 e. The number of allylic oxidation sites excluding steroid dienone is 8. The molecule has 0 amide bonds. The van der Waals surface area contributed by atoms with Gasteiger partial charge in [-0.3, -0.25) is 0 Å². The molecule has 86 valence electrons. The standard InChI is InChI=1S/C14H22Si2/c1-15(2,3)12-9-11-7-8-14(13(11)10-12)16(4,5)6/h7-10H,1-6H3. The summed E-state index contributed by atoms with van der Waals surface area (Å²) in [4.78, 5) is 0. The van der Waals surface area contributed by atoms with Crippen LogP contribution in [0.15, 0.2) is 45.8 Å². The Hall–Kier alpha value is -0.606. The molecular formula is C14H22Si2. The highest BCUT2D eigenvalue weighted by Crippen LogP contribution is 2.40. The van der Waals surface area contributed by atoms with Gasteiger partial charge in [0.25, 0.3) is 0 Å². The quantitative estimate of drug-likeness (QED) is 0.631. The van der Waals surface area contributed by atoms with Crippen LogP contribution in [-0.2, 0) is 0 Å². The third-order valence-corrected chi connectivity index (χ3v) is 7.39. The maximum absolute atomic E-state index is 2.47. The topological polar surface area (TPSA) is 0 Å². The van der Waals surface area contributed by atoms with E-state index in [0.717, 1.165) is 0 Å². The van der Waals surface area contributed by atoms with E-state index in [1.807, 2.05) is 0 Å². The molecule has 0 radical (unpaired) electrons. The third-order valence-electron chi connectivity index (χ3n) is 3.32. The molecule has 2 heteroatoms. The van der Waals surface area contributed by atoms with Crippen LogP contribution in [0.4, 0.5) is 0 Å². The number of hydrogen-bond acceptors (Lipinski definition) is 0. The van der Waals surface area contributed by atoms with Gasteiger partial charge in [0.1, 0.15) is 0 Å². The van der Waals surface area contributed by atoms with Crippen LogP contribution < -0.4 is 0 Å². The van der Waals surface area contributed by atoms with E-state index in [0.29, 0.717) is 0 Å². The predicted molar refractivity (Wildman–Crippen MR) is 79.0 cm³/mol. The summed E-state index contributed by atoms with van der Waals surface area (Å²) in [5.41, 5.74) is 3.01. The average molecular weight is 247 g/mol. The second-order valence-electron chi connectivity index (χ2n) is 6.86. The molecule has 2 aliphatic carbocycles. The number of rotatable bonds is 2. The zero-order chi connectivity index (χ0) is 12.1. The van der Waals surface area contributed by atoms with Gasteiger partial charge in [-0.2, -0.15) is 0 Å². The lowest BCUT2D eigenvalue weighted by Gasteiger charge is -2.20. The van der Waals surface area contributed by atoms with Crippen LogP contribution >= 0.6 is 0 Å². The van der Waals surface area contributed by atoms with Crippen molar-refractivity contribution in [3.63, 3.8) is 0 Å². The maximum Gasteiger partial charge on any atom is 0.0784 e. The van der Waals surface area contributed by atoms with E-state index in [-0.39, 0.29) is 0 Å². The van der Waals surface area contributed by atoms with Gasteiger partial charge in [-0.25, -0.2) is 0 Å². The molecule has 2 rings (SSSR count). The Bertz CT molecular complexity index is 428. The van der Waals surface area contributed by atoms with Crippen LogP contribution in [-0.4, -0.2) is 16.1 Å². The van der Waals surface area contributed by atoms with E-state index in [1.54, 1.807) is 10.4 Å². The molecule has 0 spiro atoms. The number of fused-ring (bicyclic) bond motifs is 1. The van der Waals surface area contributed by atoms with Crippen molar-refractivity contribution in [2.45, 2.75) is 39.3 Å². The van der Waals surface area contributed by atoms with E-state index in [1.165, 1.54) is 11.1 Å². The number of hydrogen-bond donors (Lipinski definition) is 0. The molecule has 2 aliphatic rings. The Balaban J connectivity index is 2.36. The molecule has 0 nitrogen and oxygen atoms in total. The summed E-state index contributed by atoms with van der Waals surface area (Å²) >= 11 is 0. The fourth-order valence-electron chi connectivity index (χ4n) is 2.25. The van der Waals surface area contributed by atoms with Crippen molar-refractivity contribution in [3.8, 4) is 0 Å². The Morgan fingerprint density at radius 2 is 1.38 bits per heavy atom. The van der Waals surface area contributed by atoms with E-state index < -0.39 is 16.1 Å². The van der Waals surface area contributed by atoms with Gasteiger partial charge in [0.05, 0.1) is 16.1 Å². The minimum absolute atomic E-state index is 1.15. The molecule has 0 heterocycles. The van der Waals surface area contributed by atoms with E-state index in [4.69, 9.17) is 0 Å². The molecule has 0 saturated heterocycles. The van der Waals surface area contributed by atoms with Crippen LogP contribution in [0.2, 0.25) is 39.3 Å². The van der Waals surface area contributed by atoms with Gasteiger partial charge in [-0.1, -0.05) is 74.0 Å². The van der Waals surface area contributed by atoms with Crippen molar-refractivity contribution in [3.05, 3.63) is 45.8 Å². The molecule has 0 fully saturated rings. The van der Waals surface area contributed by atoms with E-state index in [2.05, 4.69) is 63.6 Å². The van der Waals surface area contributed by atoms with Gasteiger partial charge in [-0.15, -0.1) is 0 Å². The smallest absolute Gasteiger partial charge is 0.0656 e. The Kier molecular flexibility index (Phi) is 2.55. The summed E-state index contributed by atoms with van der Waals surface area (Å²) < 4.78 is 0. The van der Waals surface area contributed by atoms with Gasteiger partial charge in [0.15, 0.2) is 0 Å². The van der Waals surface area contributed by atoms with Crippen LogP contribution in [0.5, 0.6) is 0 Å². The van der Waals surface area contributed by atoms with Crippen LogP contribution in [0.3, 0.4) is 0 Å². The Morgan fingerprint density at radius 3 is 1.88 bits per heavy atom. The Labute approximate surface area is 101 Å². The lowest BCUT2D eigenvalue weighted by molar-refractivity contribution is 1.56. The second kappa shape index (κ2) is 3.44. The fourth-order valence-corrected chi connectivity index (χ4v) is 5.02. The summed E-state index contributed by atoms with van der Waals surface area (Å²) in [6, 6.07) is 0. The molecule has 16 heavy (non-hydrogen) atoms. The summed E-state index contributed by atoms with van der Waals surface area (Å²) in [5, 5.41) is 3.24. The molecule has 0 bridgehead atoms. The average Bonchev–Trinajstić information content (AvgIpc) is 2.53. The molecule has 0 aromatic rings. The van der Waals surface area contributed by atoms with Gasteiger partial charge in [-0.05, 0) is 11.1 Å². The van der Waals surface area contributed by atoms with Gasteiger partial charge in [0.2, 0.25) is 0 Å². The first-order valence-electron chi connectivity index (χ1n) is 6.07. The maximum atomic E-state index is 2.47. The first kappa shape index (κ1) is 11.9. The zero-order valence-corrected chi connectivity index (χ0v) is 13.3. The van der Waals surface area contributed by atoms with Crippen molar-refractivity contribution < 1.29 is 0 Å². The lowest BCUT2D eigenvalue weighted by Crippen LogP contribution is -2.24. The van der Waals surface area contributed by atoms with E-state index >= 15 is 0 Å². The molecule has 0 aliphatic heterocycles. The Morgan fingerprint density at radius 1 is 0.750 bits per heavy atom. The molecule has 0 saturated carbocycles. The van der Waals surface area contributed by atoms with Crippen LogP contribution in [0.25, 0.3) is 0 Å². The van der Waals surface area contributed by atoms with Crippen LogP contribution in [0.1, 0.15) is 0 Å². The highest BCUT2D eigenvalue weighted by Gasteiger charge is 2.31. The van der Waals surface area contributed by atoms with Gasteiger partial charge in [0, 0.05) is 0 Å². The van der Waals surface area contributed by atoms with Gasteiger partial charge >= 0.3 is 0 Å². The fraction of sp³-hybridized carbons (Fsp3) is 0.429. The SMILES string of the molecule is C[Si](C)(C)C1=CC2=CC=C([Si](C)(C)C)C2=C1. The summed E-state index contributed by atoms with van der Waals surface area (Å²) in [6.07, 6.45) is 9.55. The summed E-state index contributed by atoms with van der Waals surface area (Å²) in [6.45, 7) is 14.6. The van der Waals surface area contributed by atoms with Gasteiger partial charge < -0.3 is 0 Å². The van der Waals surface area contributed by atoms with Crippen molar-refractivity contribution in [2.24, 2.45) is 0 Å². The summed E-state index contributed by atoms with van der Waals surface area (Å²) in [7, 11) is -2.32. The minimum atomic E-state index is -1.18. The highest BCUT2D eigenvalue weighted by atomic mass is 28.3. The van der Waals surface area contributed by atoms with Crippen molar-refractivity contribution >= 4 is 16.1 Å². The highest BCUT2D eigenvalue weighted by molar-refractivity contribution is 6.85. The lowest BCUT2D eigenvalue weighted by atomic mass is 10.2. The second-order valence-corrected chi connectivity index (χ2v) is 17.0. The first-order chi connectivity index (χ1) is 7.19. The normalized spacial score (nSPS) is 20.1. The monoisotopic (exact) mass is 246 g/mol. The minimum Gasteiger partial charge on any atom is -0.0656 e. The van der Waals surface area contributed by atoms with Crippen molar-refractivity contribution in [2.75, 3.05) is 0 Å². The molecule has 0 atom stereocenters. The third kappa shape index (κ3) is 1.96. The van der Waals surface area contributed by atoms with Crippen molar-refractivity contribution in [1.82, 2.24) is 0 Å². The van der Waals surface area contributed by atoms with E-state index in [9.17, 15) is 0 Å².